The molecule has 120 valence electrons. The number of halogens is 1. The fourth-order valence-electron chi connectivity index (χ4n) is 2.89. The molecule has 0 saturated carbocycles. The standard InChI is InChI=1S/C19H32BrN/c1-3-4-5-6-7-8-9-10-11-18(16-21-2)17-12-14-19(20)15-13-17/h12-15,18,21H,3-11,16H2,1-2H3. The van der Waals surface area contributed by atoms with Gasteiger partial charge in [-0.3, -0.25) is 0 Å². The molecule has 0 radical (unpaired) electrons. The van der Waals surface area contributed by atoms with Gasteiger partial charge in [0, 0.05) is 11.0 Å². The summed E-state index contributed by atoms with van der Waals surface area (Å²) in [6, 6.07) is 8.84. The predicted molar refractivity (Wildman–Crippen MR) is 98.0 cm³/mol. The molecule has 0 bridgehead atoms. The molecule has 0 aromatic heterocycles. The van der Waals surface area contributed by atoms with Crippen molar-refractivity contribution in [2.45, 2.75) is 70.6 Å². The number of hydrogen-bond acceptors (Lipinski definition) is 1. The summed E-state index contributed by atoms with van der Waals surface area (Å²) in [5.74, 6) is 0.656. The van der Waals surface area contributed by atoms with Crippen LogP contribution < -0.4 is 5.32 Å². The SMILES string of the molecule is CCCCCCCCCCC(CNC)c1ccc(Br)cc1. The molecule has 1 rings (SSSR count). The minimum atomic E-state index is 0.656. The highest BCUT2D eigenvalue weighted by Gasteiger charge is 2.10. The Morgan fingerprint density at radius 1 is 0.905 bits per heavy atom. The van der Waals surface area contributed by atoms with E-state index in [0.717, 1.165) is 6.54 Å². The topological polar surface area (TPSA) is 12.0 Å². The summed E-state index contributed by atoms with van der Waals surface area (Å²) >= 11 is 3.52. The van der Waals surface area contributed by atoms with Crippen LogP contribution in [0, 0.1) is 0 Å². The van der Waals surface area contributed by atoms with Gasteiger partial charge in [-0.25, -0.2) is 0 Å². The summed E-state index contributed by atoms with van der Waals surface area (Å²) in [5, 5.41) is 3.34. The number of benzene rings is 1. The zero-order chi connectivity index (χ0) is 15.3. The quantitative estimate of drug-likeness (QED) is 0.435. The van der Waals surface area contributed by atoms with E-state index in [1.165, 1.54) is 67.8 Å². The minimum Gasteiger partial charge on any atom is -0.319 e. The number of hydrogen-bond donors (Lipinski definition) is 1. The van der Waals surface area contributed by atoms with E-state index >= 15 is 0 Å². The summed E-state index contributed by atoms with van der Waals surface area (Å²) < 4.78 is 1.17. The van der Waals surface area contributed by atoms with Crippen LogP contribution in [0.25, 0.3) is 0 Å². The first-order valence-electron chi connectivity index (χ1n) is 8.68. The summed E-state index contributed by atoms with van der Waals surface area (Å²) in [6.45, 7) is 3.36. The summed E-state index contributed by atoms with van der Waals surface area (Å²) in [6.07, 6.45) is 12.5. The van der Waals surface area contributed by atoms with Crippen LogP contribution in [0.5, 0.6) is 0 Å². The Morgan fingerprint density at radius 3 is 2.05 bits per heavy atom. The van der Waals surface area contributed by atoms with Crippen LogP contribution in [0.4, 0.5) is 0 Å². The maximum Gasteiger partial charge on any atom is 0.0175 e. The number of likely N-dealkylation sites (N-methyl/N-ethyl adjacent to an activating group) is 1. The van der Waals surface area contributed by atoms with Gasteiger partial charge in [0.1, 0.15) is 0 Å². The molecule has 0 amide bonds. The molecular formula is C19H32BrN. The number of unbranched alkanes of at least 4 members (excludes halogenated alkanes) is 7. The highest BCUT2D eigenvalue weighted by molar-refractivity contribution is 9.10. The second kappa shape index (κ2) is 12.2. The predicted octanol–water partition coefficient (Wildman–Crippen LogP) is 6.28. The van der Waals surface area contributed by atoms with Crippen molar-refractivity contribution < 1.29 is 0 Å². The Bertz CT molecular complexity index is 347. The van der Waals surface area contributed by atoms with E-state index in [9.17, 15) is 0 Å². The van der Waals surface area contributed by atoms with E-state index < -0.39 is 0 Å². The Labute approximate surface area is 140 Å². The molecule has 0 aliphatic rings. The van der Waals surface area contributed by atoms with E-state index in [0.29, 0.717) is 5.92 Å². The van der Waals surface area contributed by atoms with Gasteiger partial charge in [-0.2, -0.15) is 0 Å². The second-order valence-electron chi connectivity index (χ2n) is 6.07. The molecule has 0 spiro atoms. The lowest BCUT2D eigenvalue weighted by Gasteiger charge is -2.17. The zero-order valence-electron chi connectivity index (χ0n) is 13.8. The van der Waals surface area contributed by atoms with Crippen LogP contribution >= 0.6 is 15.9 Å². The molecule has 0 aliphatic heterocycles. The van der Waals surface area contributed by atoms with Crippen LogP contribution in [0.15, 0.2) is 28.7 Å². The molecule has 1 N–H and O–H groups in total. The largest absolute Gasteiger partial charge is 0.319 e. The molecule has 0 heterocycles. The van der Waals surface area contributed by atoms with Crippen molar-refractivity contribution in [2.24, 2.45) is 0 Å². The smallest absolute Gasteiger partial charge is 0.0175 e. The third-order valence-electron chi connectivity index (χ3n) is 4.20. The van der Waals surface area contributed by atoms with Gasteiger partial charge in [-0.05, 0) is 37.1 Å². The molecule has 1 unspecified atom stereocenters. The Kier molecular flexibility index (Phi) is 10.9. The van der Waals surface area contributed by atoms with Gasteiger partial charge in [0.2, 0.25) is 0 Å². The molecule has 2 heteroatoms. The van der Waals surface area contributed by atoms with E-state index in [1.807, 2.05) is 0 Å². The van der Waals surface area contributed by atoms with Crippen molar-refractivity contribution in [3.63, 3.8) is 0 Å². The van der Waals surface area contributed by atoms with Gasteiger partial charge in [-0.15, -0.1) is 0 Å². The first-order chi connectivity index (χ1) is 10.3. The second-order valence-corrected chi connectivity index (χ2v) is 6.99. The van der Waals surface area contributed by atoms with Crippen LogP contribution in [0.3, 0.4) is 0 Å². The lowest BCUT2D eigenvalue weighted by molar-refractivity contribution is 0.516. The average molecular weight is 354 g/mol. The van der Waals surface area contributed by atoms with Crippen LogP contribution in [-0.4, -0.2) is 13.6 Å². The monoisotopic (exact) mass is 353 g/mol. The van der Waals surface area contributed by atoms with Crippen molar-refractivity contribution in [1.29, 1.82) is 0 Å². The highest BCUT2D eigenvalue weighted by Crippen LogP contribution is 2.24. The maximum atomic E-state index is 3.52. The fraction of sp³-hybridized carbons (Fsp3) is 0.684. The van der Waals surface area contributed by atoms with E-state index in [-0.39, 0.29) is 0 Å². The summed E-state index contributed by atoms with van der Waals surface area (Å²) in [4.78, 5) is 0. The van der Waals surface area contributed by atoms with Gasteiger partial charge < -0.3 is 5.32 Å². The van der Waals surface area contributed by atoms with Crippen LogP contribution in [0.1, 0.15) is 76.2 Å². The highest BCUT2D eigenvalue weighted by atomic mass is 79.9. The van der Waals surface area contributed by atoms with E-state index in [4.69, 9.17) is 0 Å². The lowest BCUT2D eigenvalue weighted by Crippen LogP contribution is -2.17. The van der Waals surface area contributed by atoms with Gasteiger partial charge in [0.05, 0.1) is 0 Å². The molecule has 1 atom stereocenters. The molecule has 1 nitrogen and oxygen atoms in total. The lowest BCUT2D eigenvalue weighted by atomic mass is 9.93. The van der Waals surface area contributed by atoms with Crippen LogP contribution in [-0.2, 0) is 0 Å². The van der Waals surface area contributed by atoms with Crippen molar-refractivity contribution in [3.05, 3.63) is 34.3 Å². The molecular weight excluding hydrogens is 322 g/mol. The number of nitrogens with one attached hydrogen (secondary N) is 1. The van der Waals surface area contributed by atoms with E-state index in [1.54, 1.807) is 0 Å². The van der Waals surface area contributed by atoms with Crippen molar-refractivity contribution in [1.82, 2.24) is 5.32 Å². The first-order valence-corrected chi connectivity index (χ1v) is 9.47. The van der Waals surface area contributed by atoms with Crippen LogP contribution in [0.2, 0.25) is 0 Å². The molecule has 0 fully saturated rings. The van der Waals surface area contributed by atoms with Crippen molar-refractivity contribution >= 4 is 15.9 Å². The van der Waals surface area contributed by atoms with Gasteiger partial charge in [-0.1, -0.05) is 86.4 Å². The molecule has 1 aromatic carbocycles. The van der Waals surface area contributed by atoms with E-state index in [2.05, 4.69) is 59.5 Å². The first kappa shape index (κ1) is 18.7. The zero-order valence-corrected chi connectivity index (χ0v) is 15.4. The average Bonchev–Trinajstić information content (AvgIpc) is 2.50. The fourth-order valence-corrected chi connectivity index (χ4v) is 3.16. The van der Waals surface area contributed by atoms with Crippen molar-refractivity contribution in [2.75, 3.05) is 13.6 Å². The minimum absolute atomic E-state index is 0.656. The third kappa shape index (κ3) is 8.63. The number of rotatable bonds is 12. The Morgan fingerprint density at radius 2 is 1.48 bits per heavy atom. The molecule has 21 heavy (non-hydrogen) atoms. The molecule has 0 aliphatic carbocycles. The Hall–Kier alpha value is -0.340. The summed E-state index contributed by atoms with van der Waals surface area (Å²) in [5.41, 5.74) is 1.47. The summed E-state index contributed by atoms with van der Waals surface area (Å²) in [7, 11) is 2.06. The maximum absolute atomic E-state index is 3.52. The Balaban J connectivity index is 2.21. The van der Waals surface area contributed by atoms with Crippen molar-refractivity contribution in [3.8, 4) is 0 Å². The van der Waals surface area contributed by atoms with Gasteiger partial charge >= 0.3 is 0 Å². The van der Waals surface area contributed by atoms with Gasteiger partial charge in [0.15, 0.2) is 0 Å². The molecule has 0 saturated heterocycles. The normalized spacial score (nSPS) is 12.5. The third-order valence-corrected chi connectivity index (χ3v) is 4.73. The molecule has 1 aromatic rings. The van der Waals surface area contributed by atoms with Gasteiger partial charge in [0.25, 0.3) is 0 Å².